The zero-order valence-corrected chi connectivity index (χ0v) is 8.86. The maximum atomic E-state index is 11.7. The van der Waals surface area contributed by atoms with Crippen LogP contribution in [0.5, 0.6) is 5.75 Å². The van der Waals surface area contributed by atoms with Gasteiger partial charge in [-0.05, 0) is 26.0 Å². The Balaban J connectivity index is 2.48. The molecule has 0 saturated heterocycles. The van der Waals surface area contributed by atoms with Gasteiger partial charge in [0.1, 0.15) is 5.75 Å². The Bertz CT molecular complexity index is 402. The second-order valence-electron chi connectivity index (χ2n) is 3.87. The van der Waals surface area contributed by atoms with Crippen LogP contribution in [0.15, 0.2) is 18.2 Å². The third-order valence-electron chi connectivity index (χ3n) is 2.38. The van der Waals surface area contributed by atoms with E-state index in [0.29, 0.717) is 11.4 Å². The predicted octanol–water partition coefficient (Wildman–Crippen LogP) is 1.40. The highest BCUT2D eigenvalue weighted by Crippen LogP contribution is 2.34. The molecule has 0 spiro atoms. The Labute approximate surface area is 88.6 Å². The SMILES string of the molecule is CC(C)N1C(=O)COc2cc(N)ccc21. The molecule has 1 aromatic rings. The van der Waals surface area contributed by atoms with Gasteiger partial charge in [-0.2, -0.15) is 0 Å². The third-order valence-corrected chi connectivity index (χ3v) is 2.38. The van der Waals surface area contributed by atoms with Crippen LogP contribution < -0.4 is 15.4 Å². The first-order chi connectivity index (χ1) is 7.09. The van der Waals surface area contributed by atoms with Gasteiger partial charge in [-0.15, -0.1) is 0 Å². The summed E-state index contributed by atoms with van der Waals surface area (Å²) in [5.41, 5.74) is 7.10. The summed E-state index contributed by atoms with van der Waals surface area (Å²) < 4.78 is 5.33. The van der Waals surface area contributed by atoms with Gasteiger partial charge in [0, 0.05) is 17.8 Å². The Kier molecular flexibility index (Phi) is 2.26. The van der Waals surface area contributed by atoms with E-state index in [9.17, 15) is 4.79 Å². The van der Waals surface area contributed by atoms with Gasteiger partial charge in [-0.3, -0.25) is 4.79 Å². The van der Waals surface area contributed by atoms with Crippen LogP contribution in [-0.4, -0.2) is 18.6 Å². The van der Waals surface area contributed by atoms with Crippen LogP contribution in [0, 0.1) is 0 Å². The van der Waals surface area contributed by atoms with Gasteiger partial charge in [0.15, 0.2) is 6.61 Å². The average Bonchev–Trinajstić information content (AvgIpc) is 2.17. The summed E-state index contributed by atoms with van der Waals surface area (Å²) in [4.78, 5) is 13.4. The number of anilines is 2. The fraction of sp³-hybridized carbons (Fsp3) is 0.364. The summed E-state index contributed by atoms with van der Waals surface area (Å²) in [5, 5.41) is 0. The van der Waals surface area contributed by atoms with Crippen LogP contribution in [0.25, 0.3) is 0 Å². The number of nitrogens with zero attached hydrogens (tertiary/aromatic N) is 1. The molecule has 0 aliphatic carbocycles. The number of nitrogen functional groups attached to an aromatic ring is 1. The van der Waals surface area contributed by atoms with Crippen LogP contribution in [0.3, 0.4) is 0 Å². The van der Waals surface area contributed by atoms with Crippen LogP contribution in [0.2, 0.25) is 0 Å². The highest BCUT2D eigenvalue weighted by Gasteiger charge is 2.27. The Hall–Kier alpha value is -1.71. The predicted molar refractivity (Wildman–Crippen MR) is 59.0 cm³/mol. The summed E-state index contributed by atoms with van der Waals surface area (Å²) in [6, 6.07) is 5.47. The molecular formula is C11H14N2O2. The molecule has 4 heteroatoms. The van der Waals surface area contributed by atoms with Crippen molar-refractivity contribution in [1.29, 1.82) is 0 Å². The van der Waals surface area contributed by atoms with Gasteiger partial charge in [0.05, 0.1) is 5.69 Å². The number of carbonyl (C=O) groups is 1. The van der Waals surface area contributed by atoms with Crippen molar-refractivity contribution in [3.63, 3.8) is 0 Å². The molecule has 0 bridgehead atoms. The van der Waals surface area contributed by atoms with Crippen molar-refractivity contribution in [1.82, 2.24) is 0 Å². The smallest absolute Gasteiger partial charge is 0.265 e. The summed E-state index contributed by atoms with van der Waals surface area (Å²) in [7, 11) is 0. The molecule has 1 heterocycles. The van der Waals surface area contributed by atoms with Crippen LogP contribution in [0.4, 0.5) is 11.4 Å². The van der Waals surface area contributed by atoms with Gasteiger partial charge in [0.2, 0.25) is 0 Å². The number of rotatable bonds is 1. The maximum absolute atomic E-state index is 11.7. The van der Waals surface area contributed by atoms with Crippen molar-refractivity contribution in [3.05, 3.63) is 18.2 Å². The van der Waals surface area contributed by atoms with Gasteiger partial charge in [-0.1, -0.05) is 0 Å². The summed E-state index contributed by atoms with van der Waals surface area (Å²) >= 11 is 0. The molecule has 0 aromatic heterocycles. The molecule has 1 aliphatic rings. The number of hydrogen-bond donors (Lipinski definition) is 1. The van der Waals surface area contributed by atoms with E-state index in [2.05, 4.69) is 0 Å². The molecule has 0 saturated carbocycles. The highest BCUT2D eigenvalue weighted by molar-refractivity contribution is 5.98. The topological polar surface area (TPSA) is 55.6 Å². The highest BCUT2D eigenvalue weighted by atomic mass is 16.5. The molecular weight excluding hydrogens is 192 g/mol. The van der Waals surface area contributed by atoms with E-state index in [1.807, 2.05) is 19.9 Å². The van der Waals surface area contributed by atoms with Crippen LogP contribution >= 0.6 is 0 Å². The Morgan fingerprint density at radius 3 is 2.87 bits per heavy atom. The van der Waals surface area contributed by atoms with E-state index in [1.165, 1.54) is 0 Å². The van der Waals surface area contributed by atoms with E-state index in [0.717, 1.165) is 5.69 Å². The number of amides is 1. The van der Waals surface area contributed by atoms with E-state index in [4.69, 9.17) is 10.5 Å². The number of nitrogens with two attached hydrogens (primary N) is 1. The molecule has 0 radical (unpaired) electrons. The molecule has 15 heavy (non-hydrogen) atoms. The number of fused-ring (bicyclic) bond motifs is 1. The van der Waals surface area contributed by atoms with Crippen molar-refractivity contribution < 1.29 is 9.53 Å². The second-order valence-corrected chi connectivity index (χ2v) is 3.87. The van der Waals surface area contributed by atoms with Gasteiger partial charge >= 0.3 is 0 Å². The average molecular weight is 206 g/mol. The van der Waals surface area contributed by atoms with Crippen molar-refractivity contribution in [2.24, 2.45) is 0 Å². The lowest BCUT2D eigenvalue weighted by atomic mass is 10.2. The first kappa shape index (κ1) is 9.83. The van der Waals surface area contributed by atoms with Crippen LogP contribution in [-0.2, 0) is 4.79 Å². The van der Waals surface area contributed by atoms with Crippen LogP contribution in [0.1, 0.15) is 13.8 Å². The molecule has 1 aliphatic heterocycles. The number of hydrogen-bond acceptors (Lipinski definition) is 3. The molecule has 2 N–H and O–H groups in total. The monoisotopic (exact) mass is 206 g/mol. The standard InChI is InChI=1S/C11H14N2O2/c1-7(2)13-9-4-3-8(12)5-10(9)15-6-11(13)14/h3-5,7H,6,12H2,1-2H3. The molecule has 0 unspecified atom stereocenters. The largest absolute Gasteiger partial charge is 0.481 e. The summed E-state index contributed by atoms with van der Waals surface area (Å²) in [6.07, 6.45) is 0. The lowest BCUT2D eigenvalue weighted by Crippen LogP contribution is -2.43. The van der Waals surface area contributed by atoms with Crippen molar-refractivity contribution in [2.75, 3.05) is 17.2 Å². The number of carbonyl (C=O) groups excluding carboxylic acids is 1. The van der Waals surface area contributed by atoms with Crippen molar-refractivity contribution in [3.8, 4) is 5.75 Å². The van der Waals surface area contributed by atoms with E-state index in [1.54, 1.807) is 17.0 Å². The van der Waals surface area contributed by atoms with Crippen molar-refractivity contribution >= 4 is 17.3 Å². The van der Waals surface area contributed by atoms with Gasteiger partial charge < -0.3 is 15.4 Å². The molecule has 0 atom stereocenters. The number of ether oxygens (including phenoxy) is 1. The quantitative estimate of drug-likeness (QED) is 0.707. The molecule has 1 amide bonds. The Morgan fingerprint density at radius 1 is 1.47 bits per heavy atom. The first-order valence-electron chi connectivity index (χ1n) is 4.94. The second kappa shape index (κ2) is 3.46. The van der Waals surface area contributed by atoms with Crippen molar-refractivity contribution in [2.45, 2.75) is 19.9 Å². The minimum Gasteiger partial charge on any atom is -0.481 e. The van der Waals surface area contributed by atoms with Gasteiger partial charge in [0.25, 0.3) is 5.91 Å². The lowest BCUT2D eigenvalue weighted by molar-refractivity contribution is -0.121. The molecule has 2 rings (SSSR count). The first-order valence-corrected chi connectivity index (χ1v) is 4.94. The Morgan fingerprint density at radius 2 is 2.20 bits per heavy atom. The lowest BCUT2D eigenvalue weighted by Gasteiger charge is -2.32. The van der Waals surface area contributed by atoms with E-state index < -0.39 is 0 Å². The molecule has 80 valence electrons. The van der Waals surface area contributed by atoms with Gasteiger partial charge in [-0.25, -0.2) is 0 Å². The zero-order valence-electron chi connectivity index (χ0n) is 8.86. The normalized spacial score (nSPS) is 15.1. The number of benzene rings is 1. The third kappa shape index (κ3) is 1.63. The fourth-order valence-electron chi connectivity index (χ4n) is 1.75. The fourth-order valence-corrected chi connectivity index (χ4v) is 1.75. The summed E-state index contributed by atoms with van der Waals surface area (Å²) in [5.74, 6) is 0.672. The summed E-state index contributed by atoms with van der Waals surface area (Å²) in [6.45, 7) is 4.04. The maximum Gasteiger partial charge on any atom is 0.265 e. The minimum atomic E-state index is -0.0118. The molecule has 0 fully saturated rings. The minimum absolute atomic E-state index is 0.0118. The molecule has 4 nitrogen and oxygen atoms in total. The van der Waals surface area contributed by atoms with E-state index >= 15 is 0 Å². The van der Waals surface area contributed by atoms with E-state index in [-0.39, 0.29) is 18.6 Å². The molecule has 1 aromatic carbocycles. The zero-order chi connectivity index (χ0) is 11.0.